The van der Waals surface area contributed by atoms with E-state index >= 15 is 0 Å². The average Bonchev–Trinajstić information content (AvgIpc) is 2.99. The number of nitrogens with zero attached hydrogens (tertiary/aromatic N) is 1. The van der Waals surface area contributed by atoms with E-state index in [1.54, 1.807) is 0 Å². The van der Waals surface area contributed by atoms with Crippen molar-refractivity contribution in [3.8, 4) is 0 Å². The van der Waals surface area contributed by atoms with E-state index in [-0.39, 0.29) is 0 Å². The average molecular weight is 198 g/mol. The van der Waals surface area contributed by atoms with E-state index in [9.17, 15) is 0 Å². The highest BCUT2D eigenvalue weighted by molar-refractivity contribution is 4.85. The molecule has 0 aromatic carbocycles. The fraction of sp³-hybridized carbons (Fsp3) is 1.00. The Labute approximate surface area is 89.1 Å². The lowest BCUT2D eigenvalue weighted by molar-refractivity contribution is 0.239. The molecule has 1 N–H and O–H groups in total. The van der Waals surface area contributed by atoms with Crippen LogP contribution in [-0.2, 0) is 0 Å². The third-order valence-electron chi connectivity index (χ3n) is 3.45. The van der Waals surface area contributed by atoms with Crippen molar-refractivity contribution >= 4 is 0 Å². The molecule has 0 saturated heterocycles. The van der Waals surface area contributed by atoms with Crippen molar-refractivity contribution in [3.05, 3.63) is 0 Å². The summed E-state index contributed by atoms with van der Waals surface area (Å²) in [6.45, 7) is 9.19. The standard InChI is InChI=1S/C12H26N2/c1-5-10(2)8-13-9-11(3)14(4)12-6-7-12/h10-13H,5-9H2,1-4H3. The molecule has 0 bridgehead atoms. The largest absolute Gasteiger partial charge is 0.315 e. The molecule has 0 aliphatic heterocycles. The molecule has 84 valence electrons. The van der Waals surface area contributed by atoms with Crippen LogP contribution in [0.2, 0.25) is 0 Å². The predicted octanol–water partition coefficient (Wildman–Crippen LogP) is 2.10. The second kappa shape index (κ2) is 5.72. The first kappa shape index (κ1) is 12.0. The van der Waals surface area contributed by atoms with Gasteiger partial charge in [0.05, 0.1) is 0 Å². The molecule has 14 heavy (non-hydrogen) atoms. The van der Waals surface area contributed by atoms with Crippen molar-refractivity contribution in [2.24, 2.45) is 5.92 Å². The van der Waals surface area contributed by atoms with Crippen molar-refractivity contribution < 1.29 is 0 Å². The number of hydrogen-bond acceptors (Lipinski definition) is 2. The fourth-order valence-corrected chi connectivity index (χ4v) is 1.67. The van der Waals surface area contributed by atoms with Crippen LogP contribution in [-0.4, -0.2) is 37.1 Å². The first-order valence-corrected chi connectivity index (χ1v) is 6.07. The van der Waals surface area contributed by atoms with E-state index in [1.807, 2.05) is 0 Å². The summed E-state index contributed by atoms with van der Waals surface area (Å²) in [7, 11) is 2.26. The molecular formula is C12H26N2. The molecule has 0 aromatic heterocycles. The molecule has 1 aliphatic rings. The van der Waals surface area contributed by atoms with E-state index in [4.69, 9.17) is 0 Å². The molecule has 1 fully saturated rings. The number of hydrogen-bond donors (Lipinski definition) is 1. The Morgan fingerprint density at radius 2 is 1.93 bits per heavy atom. The number of nitrogens with one attached hydrogen (secondary N) is 1. The molecule has 2 unspecified atom stereocenters. The van der Waals surface area contributed by atoms with Crippen LogP contribution in [0.15, 0.2) is 0 Å². The highest BCUT2D eigenvalue weighted by Crippen LogP contribution is 2.26. The van der Waals surface area contributed by atoms with E-state index in [0.717, 1.165) is 18.5 Å². The highest BCUT2D eigenvalue weighted by atomic mass is 15.2. The first-order chi connectivity index (χ1) is 6.65. The summed E-state index contributed by atoms with van der Waals surface area (Å²) in [6.07, 6.45) is 4.10. The quantitative estimate of drug-likeness (QED) is 0.674. The smallest absolute Gasteiger partial charge is 0.0192 e. The molecule has 1 rings (SSSR count). The van der Waals surface area contributed by atoms with E-state index in [1.165, 1.54) is 25.8 Å². The molecule has 2 nitrogen and oxygen atoms in total. The topological polar surface area (TPSA) is 15.3 Å². The minimum Gasteiger partial charge on any atom is -0.315 e. The zero-order valence-corrected chi connectivity index (χ0v) is 10.2. The van der Waals surface area contributed by atoms with Gasteiger partial charge in [-0.25, -0.2) is 0 Å². The van der Waals surface area contributed by atoms with Gasteiger partial charge in [0.1, 0.15) is 0 Å². The molecule has 0 spiro atoms. The highest BCUT2D eigenvalue weighted by Gasteiger charge is 2.28. The van der Waals surface area contributed by atoms with Crippen LogP contribution in [0.5, 0.6) is 0 Å². The molecule has 2 atom stereocenters. The third kappa shape index (κ3) is 3.97. The lowest BCUT2D eigenvalue weighted by Crippen LogP contribution is -2.40. The molecule has 0 radical (unpaired) electrons. The van der Waals surface area contributed by atoms with Gasteiger partial charge in [0.2, 0.25) is 0 Å². The van der Waals surface area contributed by atoms with Crippen molar-refractivity contribution in [2.45, 2.75) is 52.1 Å². The van der Waals surface area contributed by atoms with Gasteiger partial charge in [-0.2, -0.15) is 0 Å². The summed E-state index contributed by atoms with van der Waals surface area (Å²) in [4.78, 5) is 2.52. The third-order valence-corrected chi connectivity index (χ3v) is 3.45. The Kier molecular flexibility index (Phi) is 4.90. The van der Waals surface area contributed by atoms with Crippen molar-refractivity contribution in [2.75, 3.05) is 20.1 Å². The second-order valence-corrected chi connectivity index (χ2v) is 4.92. The summed E-state index contributed by atoms with van der Waals surface area (Å²) in [5.41, 5.74) is 0. The van der Waals surface area contributed by atoms with Crippen LogP contribution >= 0.6 is 0 Å². The van der Waals surface area contributed by atoms with Crippen LogP contribution in [0, 0.1) is 5.92 Å². The molecule has 1 aliphatic carbocycles. The normalized spacial score (nSPS) is 21.2. The minimum absolute atomic E-state index is 0.687. The van der Waals surface area contributed by atoms with Crippen molar-refractivity contribution in [1.29, 1.82) is 0 Å². The molecule has 0 heterocycles. The number of rotatable bonds is 7. The summed E-state index contributed by atoms with van der Waals surface area (Å²) >= 11 is 0. The van der Waals surface area contributed by atoms with Crippen molar-refractivity contribution in [3.63, 3.8) is 0 Å². The predicted molar refractivity (Wildman–Crippen MR) is 62.6 cm³/mol. The Bertz CT molecular complexity index is 154. The zero-order valence-electron chi connectivity index (χ0n) is 10.2. The molecule has 1 saturated carbocycles. The maximum atomic E-state index is 3.56. The molecular weight excluding hydrogens is 172 g/mol. The van der Waals surface area contributed by atoms with E-state index < -0.39 is 0 Å². The Morgan fingerprint density at radius 1 is 1.29 bits per heavy atom. The van der Waals surface area contributed by atoms with E-state index in [2.05, 4.69) is 38.0 Å². The van der Waals surface area contributed by atoms with Crippen molar-refractivity contribution in [1.82, 2.24) is 10.2 Å². The Hall–Kier alpha value is -0.0800. The number of likely N-dealkylation sites (N-methyl/N-ethyl adjacent to an activating group) is 1. The lowest BCUT2D eigenvalue weighted by Gasteiger charge is -2.25. The second-order valence-electron chi connectivity index (χ2n) is 4.92. The monoisotopic (exact) mass is 198 g/mol. The summed E-state index contributed by atoms with van der Waals surface area (Å²) in [6, 6.07) is 1.57. The first-order valence-electron chi connectivity index (χ1n) is 6.07. The van der Waals surface area contributed by atoms with Gasteiger partial charge in [-0.3, -0.25) is 4.90 Å². The fourth-order valence-electron chi connectivity index (χ4n) is 1.67. The molecule has 0 amide bonds. The minimum atomic E-state index is 0.687. The Morgan fingerprint density at radius 3 is 2.43 bits per heavy atom. The molecule has 0 aromatic rings. The van der Waals surface area contributed by atoms with Gasteiger partial charge >= 0.3 is 0 Å². The maximum Gasteiger partial charge on any atom is 0.0192 e. The van der Waals surface area contributed by atoms with Crippen LogP contribution < -0.4 is 5.32 Å². The van der Waals surface area contributed by atoms with Gasteiger partial charge in [0, 0.05) is 18.6 Å². The summed E-state index contributed by atoms with van der Waals surface area (Å²) in [5.74, 6) is 0.813. The zero-order chi connectivity index (χ0) is 10.6. The van der Waals surface area contributed by atoms with Gasteiger partial charge in [-0.15, -0.1) is 0 Å². The Balaban J connectivity index is 2.04. The summed E-state index contributed by atoms with van der Waals surface area (Å²) < 4.78 is 0. The van der Waals surface area contributed by atoms with Gasteiger partial charge in [-0.05, 0) is 39.3 Å². The van der Waals surface area contributed by atoms with Crippen LogP contribution in [0.3, 0.4) is 0 Å². The SMILES string of the molecule is CCC(C)CNCC(C)N(C)C1CC1. The molecule has 2 heteroatoms. The van der Waals surface area contributed by atoms with Gasteiger partial charge in [0.15, 0.2) is 0 Å². The van der Waals surface area contributed by atoms with E-state index in [0.29, 0.717) is 6.04 Å². The van der Waals surface area contributed by atoms with Crippen LogP contribution in [0.4, 0.5) is 0 Å². The lowest BCUT2D eigenvalue weighted by atomic mass is 10.1. The van der Waals surface area contributed by atoms with Crippen LogP contribution in [0.1, 0.15) is 40.0 Å². The van der Waals surface area contributed by atoms with Crippen LogP contribution in [0.25, 0.3) is 0 Å². The van der Waals surface area contributed by atoms with Gasteiger partial charge < -0.3 is 5.32 Å². The summed E-state index contributed by atoms with van der Waals surface area (Å²) in [5, 5.41) is 3.56. The maximum absolute atomic E-state index is 3.56. The van der Waals surface area contributed by atoms with Gasteiger partial charge in [0.25, 0.3) is 0 Å². The van der Waals surface area contributed by atoms with Gasteiger partial charge in [-0.1, -0.05) is 20.3 Å².